The van der Waals surface area contributed by atoms with Crippen LogP contribution in [0, 0.1) is 5.82 Å². The van der Waals surface area contributed by atoms with Crippen LogP contribution in [0.4, 0.5) is 17.6 Å². The van der Waals surface area contributed by atoms with E-state index in [0.717, 1.165) is 23.3 Å². The Kier molecular flexibility index (Phi) is 8.15. The maximum atomic E-state index is 13.2. The number of nitrogens with one attached hydrogen (secondary N) is 3. The van der Waals surface area contributed by atoms with Gasteiger partial charge in [0.2, 0.25) is 0 Å². The predicted molar refractivity (Wildman–Crippen MR) is 116 cm³/mol. The largest absolute Gasteiger partial charge is 0.416 e. The van der Waals surface area contributed by atoms with Crippen molar-refractivity contribution in [1.82, 2.24) is 25.8 Å². The molecule has 0 atom stereocenters. The fraction of sp³-hybridized carbons (Fsp3) is 0.211. The highest BCUT2D eigenvalue weighted by Gasteiger charge is 2.33. The van der Waals surface area contributed by atoms with Crippen molar-refractivity contribution in [2.75, 3.05) is 7.05 Å². The summed E-state index contributed by atoms with van der Waals surface area (Å²) in [4.78, 5) is 8.10. The Labute approximate surface area is 187 Å². The second-order valence-corrected chi connectivity index (χ2v) is 6.11. The van der Waals surface area contributed by atoms with Crippen LogP contribution in [0.25, 0.3) is 11.4 Å². The zero-order valence-electron chi connectivity index (χ0n) is 15.8. The molecule has 0 unspecified atom stereocenters. The SMILES string of the molecule is CN=C(NCc1cccc(-c2ncn[nH]2)c1)NCc1ccc(F)cc1C(F)(F)F.I. The molecule has 30 heavy (non-hydrogen) atoms. The molecule has 0 saturated heterocycles. The van der Waals surface area contributed by atoms with Crippen LogP contribution in [-0.2, 0) is 19.3 Å². The second-order valence-electron chi connectivity index (χ2n) is 6.11. The number of aliphatic imine (C=N–C) groups is 1. The molecule has 3 rings (SSSR count). The molecule has 0 radical (unpaired) electrons. The molecule has 11 heteroatoms. The zero-order chi connectivity index (χ0) is 20.9. The van der Waals surface area contributed by atoms with Gasteiger partial charge in [0.25, 0.3) is 0 Å². The highest BCUT2D eigenvalue weighted by Crippen LogP contribution is 2.32. The monoisotopic (exact) mass is 534 g/mol. The zero-order valence-corrected chi connectivity index (χ0v) is 18.1. The molecule has 2 aromatic carbocycles. The van der Waals surface area contributed by atoms with Crippen LogP contribution in [0.2, 0.25) is 0 Å². The third-order valence-electron chi connectivity index (χ3n) is 4.12. The number of halogens is 5. The molecule has 0 fully saturated rings. The van der Waals surface area contributed by atoms with Crippen molar-refractivity contribution in [3.8, 4) is 11.4 Å². The molecule has 1 heterocycles. The molecular weight excluding hydrogens is 515 g/mol. The Morgan fingerprint density at radius 3 is 2.53 bits per heavy atom. The van der Waals surface area contributed by atoms with Crippen molar-refractivity contribution in [3.05, 3.63) is 71.3 Å². The van der Waals surface area contributed by atoms with Crippen LogP contribution >= 0.6 is 24.0 Å². The van der Waals surface area contributed by atoms with Gasteiger partial charge < -0.3 is 10.6 Å². The number of aromatic nitrogens is 3. The van der Waals surface area contributed by atoms with Crippen LogP contribution in [0.5, 0.6) is 0 Å². The van der Waals surface area contributed by atoms with Gasteiger partial charge in [-0.3, -0.25) is 10.1 Å². The fourth-order valence-corrected chi connectivity index (χ4v) is 2.73. The van der Waals surface area contributed by atoms with E-state index >= 15 is 0 Å². The van der Waals surface area contributed by atoms with E-state index in [4.69, 9.17) is 0 Å². The molecular formula is C19H19F4IN6. The molecule has 160 valence electrons. The topological polar surface area (TPSA) is 78.0 Å². The number of guanidine groups is 1. The van der Waals surface area contributed by atoms with E-state index < -0.39 is 17.6 Å². The number of benzene rings is 2. The molecule has 0 amide bonds. The van der Waals surface area contributed by atoms with Gasteiger partial charge in [-0.1, -0.05) is 24.3 Å². The molecule has 1 aromatic heterocycles. The quantitative estimate of drug-likeness (QED) is 0.199. The Balaban J connectivity index is 0.00000320. The lowest BCUT2D eigenvalue weighted by Crippen LogP contribution is -2.36. The van der Waals surface area contributed by atoms with Crippen LogP contribution in [0.15, 0.2) is 53.8 Å². The lowest BCUT2D eigenvalue weighted by molar-refractivity contribution is -0.138. The molecule has 0 aliphatic heterocycles. The number of rotatable bonds is 5. The lowest BCUT2D eigenvalue weighted by Gasteiger charge is -2.16. The Morgan fingerprint density at radius 1 is 1.10 bits per heavy atom. The average molecular weight is 534 g/mol. The van der Waals surface area contributed by atoms with E-state index in [0.29, 0.717) is 24.4 Å². The van der Waals surface area contributed by atoms with Crippen LogP contribution in [-0.4, -0.2) is 28.2 Å². The first-order valence-electron chi connectivity index (χ1n) is 8.61. The number of hydrogen-bond donors (Lipinski definition) is 3. The minimum absolute atomic E-state index is 0. The maximum Gasteiger partial charge on any atom is 0.416 e. The smallest absolute Gasteiger partial charge is 0.352 e. The van der Waals surface area contributed by atoms with Crippen molar-refractivity contribution < 1.29 is 17.6 Å². The summed E-state index contributed by atoms with van der Waals surface area (Å²) in [7, 11) is 1.51. The molecule has 0 saturated carbocycles. The number of hydrogen-bond acceptors (Lipinski definition) is 3. The van der Waals surface area contributed by atoms with Crippen molar-refractivity contribution in [2.45, 2.75) is 19.3 Å². The molecule has 0 bridgehead atoms. The molecule has 0 aliphatic rings. The summed E-state index contributed by atoms with van der Waals surface area (Å²) in [6.45, 7) is 0.226. The van der Waals surface area contributed by atoms with Crippen molar-refractivity contribution in [3.63, 3.8) is 0 Å². The van der Waals surface area contributed by atoms with Crippen LogP contribution in [0.1, 0.15) is 16.7 Å². The average Bonchev–Trinajstić information content (AvgIpc) is 3.23. The highest BCUT2D eigenvalue weighted by molar-refractivity contribution is 14.0. The summed E-state index contributed by atoms with van der Waals surface area (Å²) in [5, 5.41) is 12.4. The number of nitrogens with zero attached hydrogens (tertiary/aromatic N) is 3. The van der Waals surface area contributed by atoms with Crippen LogP contribution in [0.3, 0.4) is 0 Å². The second kappa shape index (κ2) is 10.4. The van der Waals surface area contributed by atoms with Gasteiger partial charge in [0.05, 0.1) is 5.56 Å². The van der Waals surface area contributed by atoms with Gasteiger partial charge in [-0.25, -0.2) is 9.37 Å². The van der Waals surface area contributed by atoms with E-state index in [-0.39, 0.29) is 36.1 Å². The normalized spacial score (nSPS) is 11.7. The molecule has 0 aliphatic carbocycles. The van der Waals surface area contributed by atoms with Gasteiger partial charge in [-0.15, -0.1) is 24.0 Å². The van der Waals surface area contributed by atoms with Gasteiger partial charge in [-0.05, 0) is 29.3 Å². The summed E-state index contributed by atoms with van der Waals surface area (Å²) in [5.74, 6) is 0.00749. The highest BCUT2D eigenvalue weighted by atomic mass is 127. The van der Waals surface area contributed by atoms with E-state index in [1.54, 1.807) is 0 Å². The standard InChI is InChI=1S/C19H18F4N6.HI/c1-24-18(26-10-14-5-6-15(20)8-16(14)19(21,22)23)25-9-12-3-2-4-13(7-12)17-27-11-28-29-17;/h2-8,11H,9-10H2,1H3,(H2,24,25,26)(H,27,28,29);1H. The minimum Gasteiger partial charge on any atom is -0.352 e. The van der Waals surface area contributed by atoms with Crippen molar-refractivity contribution in [2.24, 2.45) is 4.99 Å². The molecule has 3 aromatic rings. The Morgan fingerprint density at radius 2 is 1.87 bits per heavy atom. The number of H-pyrrole nitrogens is 1. The van der Waals surface area contributed by atoms with E-state index in [1.807, 2.05) is 24.3 Å². The summed E-state index contributed by atoms with van der Waals surface area (Å²) >= 11 is 0. The van der Waals surface area contributed by atoms with Gasteiger partial charge in [0, 0.05) is 25.7 Å². The van der Waals surface area contributed by atoms with Gasteiger partial charge >= 0.3 is 6.18 Å². The number of alkyl halides is 3. The third-order valence-corrected chi connectivity index (χ3v) is 4.12. The Bertz CT molecular complexity index is 989. The van der Waals surface area contributed by atoms with Gasteiger partial charge in [-0.2, -0.15) is 18.3 Å². The third kappa shape index (κ3) is 6.15. The lowest BCUT2D eigenvalue weighted by atomic mass is 10.1. The first-order valence-corrected chi connectivity index (χ1v) is 8.61. The fourth-order valence-electron chi connectivity index (χ4n) is 2.73. The Hall–Kier alpha value is -2.70. The first-order chi connectivity index (χ1) is 13.9. The van der Waals surface area contributed by atoms with E-state index in [9.17, 15) is 17.6 Å². The first kappa shape index (κ1) is 23.6. The van der Waals surface area contributed by atoms with E-state index in [1.165, 1.54) is 13.4 Å². The summed E-state index contributed by atoms with van der Waals surface area (Å²) < 4.78 is 52.5. The summed E-state index contributed by atoms with van der Waals surface area (Å²) in [6.07, 6.45) is -3.23. The summed E-state index contributed by atoms with van der Waals surface area (Å²) in [5.41, 5.74) is 0.680. The minimum atomic E-state index is -4.64. The van der Waals surface area contributed by atoms with Gasteiger partial charge in [0.1, 0.15) is 12.1 Å². The predicted octanol–water partition coefficient (Wildman–Crippen LogP) is 4.11. The maximum absolute atomic E-state index is 13.2. The number of aromatic amines is 1. The van der Waals surface area contributed by atoms with Crippen molar-refractivity contribution >= 4 is 29.9 Å². The molecule has 3 N–H and O–H groups in total. The van der Waals surface area contributed by atoms with Crippen LogP contribution < -0.4 is 10.6 Å². The molecule has 6 nitrogen and oxygen atoms in total. The van der Waals surface area contributed by atoms with Gasteiger partial charge in [0.15, 0.2) is 11.8 Å². The molecule has 0 spiro atoms. The van der Waals surface area contributed by atoms with E-state index in [2.05, 4.69) is 30.8 Å². The summed E-state index contributed by atoms with van der Waals surface area (Å²) in [6, 6.07) is 10.1. The van der Waals surface area contributed by atoms with Crippen molar-refractivity contribution in [1.29, 1.82) is 0 Å².